The number of phenolic OH excluding ortho intramolecular Hbond substituents is 1. The molecular weight excluding hydrogens is 226 g/mol. The lowest BCUT2D eigenvalue weighted by Gasteiger charge is -2.10. The molecule has 0 radical (unpaired) electrons. The molecule has 7 heteroatoms. The van der Waals surface area contributed by atoms with Crippen LogP contribution in [0.4, 0.5) is 0 Å². The average Bonchev–Trinajstić information content (AvgIpc) is 2.36. The molecule has 0 aromatic heterocycles. The maximum absolute atomic E-state index is 11.3. The first-order valence-electron chi connectivity index (χ1n) is 4.70. The highest BCUT2D eigenvalue weighted by atomic mass is 16.5. The van der Waals surface area contributed by atoms with Gasteiger partial charge >= 0.3 is 5.97 Å². The van der Waals surface area contributed by atoms with Crippen LogP contribution in [0.2, 0.25) is 0 Å². The number of carbonyl (C=O) groups is 1. The maximum atomic E-state index is 11.3. The van der Waals surface area contributed by atoms with Crippen molar-refractivity contribution in [2.24, 2.45) is 5.11 Å². The number of aromatic hydroxyl groups is 1. The van der Waals surface area contributed by atoms with E-state index in [0.29, 0.717) is 5.56 Å². The third-order valence-electron chi connectivity index (χ3n) is 2.17. The molecule has 0 aliphatic rings. The Kier molecular flexibility index (Phi) is 4.33. The molecule has 0 fully saturated rings. The highest BCUT2D eigenvalue weighted by Gasteiger charge is 2.15. The molecule has 1 aromatic carbocycles. The molecule has 0 saturated carbocycles. The van der Waals surface area contributed by atoms with Crippen LogP contribution in [-0.4, -0.2) is 29.9 Å². The third-order valence-corrected chi connectivity index (χ3v) is 2.17. The van der Waals surface area contributed by atoms with Gasteiger partial charge in [0.1, 0.15) is 11.3 Å². The first kappa shape index (κ1) is 12.8. The van der Waals surface area contributed by atoms with Crippen LogP contribution in [0.15, 0.2) is 23.3 Å². The van der Waals surface area contributed by atoms with Crippen molar-refractivity contribution in [2.45, 2.75) is 6.04 Å². The van der Waals surface area contributed by atoms with Crippen molar-refractivity contribution in [1.29, 1.82) is 0 Å². The van der Waals surface area contributed by atoms with Gasteiger partial charge < -0.3 is 14.9 Å². The van der Waals surface area contributed by atoms with Crippen LogP contribution in [0.5, 0.6) is 5.75 Å². The van der Waals surface area contributed by atoms with Gasteiger partial charge in [0.15, 0.2) is 0 Å². The number of rotatable bonds is 4. The third kappa shape index (κ3) is 2.87. The molecule has 0 spiro atoms. The summed E-state index contributed by atoms with van der Waals surface area (Å²) in [6.45, 7) is -0.393. The van der Waals surface area contributed by atoms with Crippen LogP contribution in [0.1, 0.15) is 22.0 Å². The smallest absolute Gasteiger partial charge is 0.341 e. The molecule has 1 atom stereocenters. The minimum absolute atomic E-state index is 0.0448. The predicted octanol–water partition coefficient (Wildman–Crippen LogP) is 1.52. The molecular formula is C10H11N3O4. The number of methoxy groups -OCH3 is 1. The molecule has 90 valence electrons. The van der Waals surface area contributed by atoms with E-state index in [2.05, 4.69) is 14.8 Å². The van der Waals surface area contributed by atoms with Crippen LogP contribution in [0.25, 0.3) is 10.4 Å². The lowest BCUT2D eigenvalue weighted by Crippen LogP contribution is -2.05. The van der Waals surface area contributed by atoms with Crippen molar-refractivity contribution < 1.29 is 19.7 Å². The second-order valence-corrected chi connectivity index (χ2v) is 3.17. The predicted molar refractivity (Wildman–Crippen MR) is 58.4 cm³/mol. The SMILES string of the molecule is COC(=O)c1cc(C(CO)N=[N+]=[N-])ccc1O. The van der Waals surface area contributed by atoms with E-state index in [4.69, 9.17) is 10.6 Å². The van der Waals surface area contributed by atoms with E-state index in [-0.39, 0.29) is 11.3 Å². The van der Waals surface area contributed by atoms with Crippen LogP contribution in [0, 0.1) is 0 Å². The van der Waals surface area contributed by atoms with Crippen LogP contribution in [-0.2, 0) is 4.74 Å². The van der Waals surface area contributed by atoms with E-state index >= 15 is 0 Å². The summed E-state index contributed by atoms with van der Waals surface area (Å²) in [4.78, 5) is 13.9. The Balaban J connectivity index is 3.19. The molecule has 1 aromatic rings. The number of hydrogen-bond acceptors (Lipinski definition) is 5. The number of benzene rings is 1. The first-order valence-corrected chi connectivity index (χ1v) is 4.70. The van der Waals surface area contributed by atoms with E-state index in [1.807, 2.05) is 0 Å². The number of nitrogens with zero attached hydrogens (tertiary/aromatic N) is 3. The van der Waals surface area contributed by atoms with Crippen LogP contribution in [0.3, 0.4) is 0 Å². The zero-order valence-electron chi connectivity index (χ0n) is 9.07. The number of azide groups is 1. The van der Waals surface area contributed by atoms with Crippen LogP contribution >= 0.6 is 0 Å². The summed E-state index contributed by atoms with van der Waals surface area (Å²) < 4.78 is 4.48. The normalized spacial score (nSPS) is 11.4. The minimum Gasteiger partial charge on any atom is -0.507 e. The molecule has 0 saturated heterocycles. The van der Waals surface area contributed by atoms with Gasteiger partial charge in [-0.3, -0.25) is 0 Å². The summed E-state index contributed by atoms with van der Waals surface area (Å²) >= 11 is 0. The number of carbonyl (C=O) groups excluding carboxylic acids is 1. The number of esters is 1. The Bertz CT molecular complexity index is 469. The quantitative estimate of drug-likeness (QED) is 0.357. The Morgan fingerprint density at radius 3 is 2.88 bits per heavy atom. The lowest BCUT2D eigenvalue weighted by atomic mass is 10.0. The summed E-state index contributed by atoms with van der Waals surface area (Å²) in [5, 5.41) is 21.8. The number of hydrogen-bond donors (Lipinski definition) is 2. The van der Waals surface area contributed by atoms with Crippen molar-refractivity contribution in [1.82, 2.24) is 0 Å². The molecule has 0 bridgehead atoms. The number of aliphatic hydroxyl groups is 1. The summed E-state index contributed by atoms with van der Waals surface area (Å²) in [7, 11) is 1.19. The maximum Gasteiger partial charge on any atom is 0.341 e. The molecule has 17 heavy (non-hydrogen) atoms. The number of ether oxygens (including phenoxy) is 1. The fourth-order valence-corrected chi connectivity index (χ4v) is 1.31. The van der Waals surface area contributed by atoms with E-state index < -0.39 is 18.6 Å². The van der Waals surface area contributed by atoms with E-state index in [9.17, 15) is 9.90 Å². The van der Waals surface area contributed by atoms with Gasteiger partial charge in [-0.15, -0.1) is 0 Å². The first-order chi connectivity index (χ1) is 8.13. The van der Waals surface area contributed by atoms with Crippen molar-refractivity contribution >= 4 is 5.97 Å². The fourth-order valence-electron chi connectivity index (χ4n) is 1.31. The van der Waals surface area contributed by atoms with Gasteiger partial charge in [-0.2, -0.15) is 0 Å². The Morgan fingerprint density at radius 2 is 2.35 bits per heavy atom. The Hall–Kier alpha value is -2.24. The van der Waals surface area contributed by atoms with Gasteiger partial charge in [0.05, 0.1) is 19.8 Å². The molecule has 7 nitrogen and oxygen atoms in total. The van der Waals surface area contributed by atoms with Gasteiger partial charge in [0, 0.05) is 4.91 Å². The number of aliphatic hydroxyl groups excluding tert-OH is 1. The van der Waals surface area contributed by atoms with Gasteiger partial charge in [-0.05, 0) is 23.2 Å². The Labute approximate surface area is 96.9 Å². The van der Waals surface area contributed by atoms with Gasteiger partial charge in [0.25, 0.3) is 0 Å². The monoisotopic (exact) mass is 237 g/mol. The van der Waals surface area contributed by atoms with Crippen molar-refractivity contribution in [3.63, 3.8) is 0 Å². The molecule has 0 amide bonds. The molecule has 0 aliphatic carbocycles. The summed E-state index contributed by atoms with van der Waals surface area (Å²) in [6.07, 6.45) is 0. The second kappa shape index (κ2) is 5.74. The van der Waals surface area contributed by atoms with Crippen molar-refractivity contribution in [3.8, 4) is 5.75 Å². The average molecular weight is 237 g/mol. The molecule has 2 N–H and O–H groups in total. The van der Waals surface area contributed by atoms with Crippen molar-refractivity contribution in [3.05, 3.63) is 39.8 Å². The molecule has 0 heterocycles. The zero-order valence-corrected chi connectivity index (χ0v) is 9.07. The van der Waals surface area contributed by atoms with E-state index in [1.165, 1.54) is 25.3 Å². The minimum atomic E-state index is -0.802. The van der Waals surface area contributed by atoms with E-state index in [1.54, 1.807) is 0 Å². The summed E-state index contributed by atoms with van der Waals surface area (Å²) in [5.41, 5.74) is 8.69. The topological polar surface area (TPSA) is 116 Å². The van der Waals surface area contributed by atoms with Crippen LogP contribution < -0.4 is 0 Å². The fraction of sp³-hybridized carbons (Fsp3) is 0.300. The van der Waals surface area contributed by atoms with Gasteiger partial charge in [0.2, 0.25) is 0 Å². The summed E-state index contributed by atoms with van der Waals surface area (Å²) in [5.74, 6) is -0.944. The lowest BCUT2D eigenvalue weighted by molar-refractivity contribution is 0.0597. The summed E-state index contributed by atoms with van der Waals surface area (Å²) in [6, 6.07) is 3.24. The second-order valence-electron chi connectivity index (χ2n) is 3.17. The van der Waals surface area contributed by atoms with Gasteiger partial charge in [-0.1, -0.05) is 11.2 Å². The molecule has 1 rings (SSSR count). The highest BCUT2D eigenvalue weighted by Crippen LogP contribution is 2.24. The molecule has 1 unspecified atom stereocenters. The van der Waals surface area contributed by atoms with Gasteiger partial charge in [-0.25, -0.2) is 4.79 Å². The standard InChI is InChI=1S/C10H11N3O4/c1-17-10(16)7-4-6(2-3-9(7)15)8(5-14)12-13-11/h2-4,8,14-15H,5H2,1H3. The zero-order chi connectivity index (χ0) is 12.8. The Morgan fingerprint density at radius 1 is 1.65 bits per heavy atom. The van der Waals surface area contributed by atoms with Crippen molar-refractivity contribution in [2.75, 3.05) is 13.7 Å². The number of phenols is 1. The highest BCUT2D eigenvalue weighted by molar-refractivity contribution is 5.92. The molecule has 0 aliphatic heterocycles. The largest absolute Gasteiger partial charge is 0.507 e. The van der Waals surface area contributed by atoms with E-state index in [0.717, 1.165) is 0 Å².